The van der Waals surface area contributed by atoms with E-state index >= 15 is 0 Å². The maximum Gasteiger partial charge on any atom is 0.258 e. The van der Waals surface area contributed by atoms with E-state index in [2.05, 4.69) is 74.5 Å². The molecule has 0 aliphatic heterocycles. The minimum atomic E-state index is -1.88. The lowest BCUT2D eigenvalue weighted by Crippen LogP contribution is -2.47. The zero-order chi connectivity index (χ0) is 19.4. The summed E-state index contributed by atoms with van der Waals surface area (Å²) >= 11 is 1.84. The Morgan fingerprint density at radius 2 is 1.64 bits per heavy atom. The third kappa shape index (κ3) is 5.21. The minimum absolute atomic E-state index is 0.247. The number of hydrogen-bond donors (Lipinski definition) is 1. The van der Waals surface area contributed by atoms with Crippen LogP contribution in [-0.4, -0.2) is 20.0 Å². The van der Waals surface area contributed by atoms with Gasteiger partial charge in [-0.2, -0.15) is 0 Å². The average Bonchev–Trinajstić information content (AvgIpc) is 2.84. The second-order valence-electron chi connectivity index (χ2n) is 8.28. The fourth-order valence-electron chi connectivity index (χ4n) is 4.27. The molecule has 0 saturated carbocycles. The Morgan fingerprint density at radius 3 is 2.08 bits per heavy atom. The predicted octanol–water partition coefficient (Wildman–Crippen LogP) is 7.10. The summed E-state index contributed by atoms with van der Waals surface area (Å²) in [6.45, 7) is 20.7. The Hall–Kier alpha value is -0.583. The molecule has 0 aliphatic rings. The molecule has 1 atom stereocenters. The first-order valence-corrected chi connectivity index (χ1v) is 12.6. The summed E-state index contributed by atoms with van der Waals surface area (Å²) in [6, 6.07) is 2.25. The highest BCUT2D eigenvalue weighted by molar-refractivity contribution is 7.13. The molecule has 0 amide bonds. The second-order valence-corrected chi connectivity index (χ2v) is 14.8. The van der Waals surface area contributed by atoms with Crippen molar-refractivity contribution in [3.05, 3.63) is 27.1 Å². The maximum absolute atomic E-state index is 9.20. The fraction of sp³-hybridized carbons (Fsp3) is 0.714. The second kappa shape index (κ2) is 9.38. The summed E-state index contributed by atoms with van der Waals surface area (Å²) in [5.41, 5.74) is 3.08. The number of rotatable bonds is 9. The molecule has 0 radical (unpaired) electrons. The quantitative estimate of drug-likeness (QED) is 0.365. The Labute approximate surface area is 160 Å². The van der Waals surface area contributed by atoms with Crippen molar-refractivity contribution in [2.24, 2.45) is 0 Å². The van der Waals surface area contributed by atoms with Gasteiger partial charge in [-0.3, -0.25) is 0 Å². The minimum Gasteiger partial charge on any atom is -0.546 e. The highest BCUT2D eigenvalue weighted by Crippen LogP contribution is 2.44. The molecule has 0 aromatic carbocycles. The number of aliphatic hydroxyl groups is 1. The Balaban J connectivity index is 3.10. The molecule has 4 heteroatoms. The Morgan fingerprint density at radius 1 is 1.12 bits per heavy atom. The van der Waals surface area contributed by atoms with E-state index in [-0.39, 0.29) is 6.61 Å². The van der Waals surface area contributed by atoms with Crippen molar-refractivity contribution in [2.45, 2.75) is 91.3 Å². The van der Waals surface area contributed by atoms with Crippen molar-refractivity contribution in [3.8, 4) is 0 Å². The molecule has 0 bridgehead atoms. The van der Waals surface area contributed by atoms with Crippen LogP contribution in [0.3, 0.4) is 0 Å². The summed E-state index contributed by atoms with van der Waals surface area (Å²) in [5.74, 6) is 1.46. The van der Waals surface area contributed by atoms with Crippen LogP contribution in [0.2, 0.25) is 16.6 Å². The van der Waals surface area contributed by atoms with Crippen molar-refractivity contribution in [3.63, 3.8) is 0 Å². The van der Waals surface area contributed by atoms with Gasteiger partial charge in [0, 0.05) is 16.4 Å². The molecule has 1 heterocycles. The van der Waals surface area contributed by atoms with E-state index in [4.69, 9.17) is 4.43 Å². The molecule has 1 aromatic heterocycles. The number of thiophene rings is 1. The zero-order valence-electron chi connectivity index (χ0n) is 17.6. The van der Waals surface area contributed by atoms with Gasteiger partial charge in [-0.1, -0.05) is 48.5 Å². The van der Waals surface area contributed by atoms with E-state index in [1.54, 1.807) is 0 Å². The highest BCUT2D eigenvalue weighted by atomic mass is 32.1. The molecule has 1 aromatic rings. The van der Waals surface area contributed by atoms with Crippen LogP contribution in [0.5, 0.6) is 0 Å². The van der Waals surface area contributed by atoms with Crippen LogP contribution in [0, 0.1) is 6.92 Å². The van der Waals surface area contributed by atoms with E-state index in [1.165, 1.54) is 15.3 Å². The molecule has 0 fully saturated rings. The molecular weight excluding hydrogens is 344 g/mol. The van der Waals surface area contributed by atoms with Crippen LogP contribution in [-0.2, 0) is 4.43 Å². The molecule has 0 unspecified atom stereocenters. The Bertz CT molecular complexity index is 551. The third-order valence-electron chi connectivity index (χ3n) is 5.38. The van der Waals surface area contributed by atoms with Gasteiger partial charge >= 0.3 is 0 Å². The Kier molecular flexibility index (Phi) is 8.43. The van der Waals surface area contributed by atoms with E-state index in [1.807, 2.05) is 11.3 Å². The largest absolute Gasteiger partial charge is 0.546 e. The monoisotopic (exact) mass is 382 g/mol. The molecular formula is C21H38O2SSi. The van der Waals surface area contributed by atoms with E-state index < -0.39 is 8.32 Å². The molecule has 0 saturated heterocycles. The van der Waals surface area contributed by atoms with Crippen LogP contribution in [0.1, 0.15) is 83.0 Å². The van der Waals surface area contributed by atoms with Crippen molar-refractivity contribution in [2.75, 3.05) is 6.61 Å². The molecule has 2 nitrogen and oxygen atoms in total. The molecule has 1 N–H and O–H groups in total. The van der Waals surface area contributed by atoms with E-state index in [0.29, 0.717) is 22.5 Å². The van der Waals surface area contributed by atoms with E-state index in [9.17, 15) is 5.11 Å². The summed E-state index contributed by atoms with van der Waals surface area (Å²) < 4.78 is 6.75. The number of hydrogen-bond acceptors (Lipinski definition) is 3. The van der Waals surface area contributed by atoms with Gasteiger partial charge in [0.1, 0.15) is 0 Å². The first-order chi connectivity index (χ1) is 11.6. The normalized spacial score (nSPS) is 14.7. The van der Waals surface area contributed by atoms with Crippen molar-refractivity contribution >= 4 is 25.7 Å². The molecule has 0 aliphatic carbocycles. The lowest BCUT2D eigenvalue weighted by Gasteiger charge is -2.42. The fourth-order valence-corrected chi connectivity index (χ4v) is 10.8. The average molecular weight is 383 g/mol. The summed E-state index contributed by atoms with van der Waals surface area (Å²) in [7, 11) is -1.88. The molecule has 0 spiro atoms. The number of aliphatic hydroxyl groups excluding tert-OH is 1. The molecule has 144 valence electrons. The predicted molar refractivity (Wildman–Crippen MR) is 115 cm³/mol. The van der Waals surface area contributed by atoms with Gasteiger partial charge in [0.2, 0.25) is 0 Å². The first kappa shape index (κ1) is 22.5. The standard InChI is InChI=1S/C21H38O2SSi/c1-14(2)25(15(3)4,16(5)6)23-19(9)13-20-12-18(8)21(24-20)17(7)10-11-22/h12-17,22H,10-11H2,1-9H3/b19-13-/t17-/m1/s1. The SMILES string of the molecule is C/C(=C/c1cc(C)c([C@H](C)CCO)s1)O[Si](C(C)C)(C(C)C)C(C)C. The van der Waals surface area contributed by atoms with Gasteiger partial charge < -0.3 is 9.53 Å². The lowest BCUT2D eigenvalue weighted by molar-refractivity contribution is 0.279. The first-order valence-electron chi connectivity index (χ1n) is 9.64. The van der Waals surface area contributed by atoms with Crippen LogP contribution in [0.15, 0.2) is 11.8 Å². The van der Waals surface area contributed by atoms with Crippen LogP contribution < -0.4 is 0 Å². The van der Waals surface area contributed by atoms with Crippen molar-refractivity contribution < 1.29 is 9.53 Å². The summed E-state index contributed by atoms with van der Waals surface area (Å²) in [5, 5.41) is 9.20. The van der Waals surface area contributed by atoms with Crippen molar-refractivity contribution in [1.29, 1.82) is 0 Å². The van der Waals surface area contributed by atoms with Gasteiger partial charge in [-0.05, 0) is 60.5 Å². The number of aryl methyl sites for hydroxylation is 1. The summed E-state index contributed by atoms with van der Waals surface area (Å²) in [6.07, 6.45) is 3.03. The van der Waals surface area contributed by atoms with Crippen LogP contribution >= 0.6 is 11.3 Å². The maximum atomic E-state index is 9.20. The van der Waals surface area contributed by atoms with Crippen LogP contribution in [0.4, 0.5) is 0 Å². The van der Waals surface area contributed by atoms with Crippen LogP contribution in [0.25, 0.3) is 6.08 Å². The van der Waals surface area contributed by atoms with Gasteiger partial charge in [0.15, 0.2) is 0 Å². The van der Waals surface area contributed by atoms with Gasteiger partial charge in [-0.15, -0.1) is 11.3 Å². The zero-order valence-corrected chi connectivity index (χ0v) is 19.5. The smallest absolute Gasteiger partial charge is 0.258 e. The van der Waals surface area contributed by atoms with Crippen molar-refractivity contribution in [1.82, 2.24) is 0 Å². The molecule has 25 heavy (non-hydrogen) atoms. The van der Waals surface area contributed by atoms with Gasteiger partial charge in [0.25, 0.3) is 8.32 Å². The van der Waals surface area contributed by atoms with Gasteiger partial charge in [0.05, 0.1) is 5.76 Å². The summed E-state index contributed by atoms with van der Waals surface area (Å²) in [4.78, 5) is 2.64. The lowest BCUT2D eigenvalue weighted by atomic mass is 10.0. The van der Waals surface area contributed by atoms with Gasteiger partial charge in [-0.25, -0.2) is 0 Å². The third-order valence-corrected chi connectivity index (χ3v) is 12.9. The highest BCUT2D eigenvalue weighted by Gasteiger charge is 2.46. The number of allylic oxidation sites excluding steroid dienone is 1. The molecule has 1 rings (SSSR count). The van der Waals surface area contributed by atoms with E-state index in [0.717, 1.165) is 12.2 Å². The topological polar surface area (TPSA) is 29.5 Å².